The summed E-state index contributed by atoms with van der Waals surface area (Å²) >= 11 is 0. The number of carbonyl (C=O) groups is 2. The first-order valence-corrected chi connectivity index (χ1v) is 7.49. The minimum atomic E-state index is -1.44. The number of nitrogens with zero attached hydrogens (tertiary/aromatic N) is 1. The van der Waals surface area contributed by atoms with Crippen LogP contribution in [-0.4, -0.2) is 23.6 Å². The third-order valence-electron chi connectivity index (χ3n) is 4.08. The summed E-state index contributed by atoms with van der Waals surface area (Å²) in [7, 11) is 1.53. The fourth-order valence-electron chi connectivity index (χ4n) is 2.92. The van der Waals surface area contributed by atoms with Gasteiger partial charge in [-0.2, -0.15) is 4.39 Å². The Labute approximate surface area is 138 Å². The molecule has 5 heteroatoms. The number of ether oxygens (including phenoxy) is 1. The SMILES string of the molecule is COc1ccc2c(c1)c(CC(=O)F)c(C)n2C(=O)c1ccccc1. The van der Waals surface area contributed by atoms with E-state index in [0.717, 1.165) is 0 Å². The van der Waals surface area contributed by atoms with Crippen molar-refractivity contribution in [3.05, 3.63) is 65.4 Å². The quantitative estimate of drug-likeness (QED) is 0.688. The molecule has 122 valence electrons. The molecule has 1 heterocycles. The van der Waals surface area contributed by atoms with Crippen LogP contribution >= 0.6 is 0 Å². The number of halogens is 1. The average molecular weight is 325 g/mol. The molecule has 0 amide bonds. The maximum atomic E-state index is 13.0. The van der Waals surface area contributed by atoms with Crippen molar-refractivity contribution in [1.82, 2.24) is 4.57 Å². The van der Waals surface area contributed by atoms with Crippen molar-refractivity contribution in [2.75, 3.05) is 7.11 Å². The van der Waals surface area contributed by atoms with E-state index in [1.807, 2.05) is 6.07 Å². The Balaban J connectivity index is 2.26. The molecular weight excluding hydrogens is 309 g/mol. The smallest absolute Gasteiger partial charge is 0.305 e. The number of hydrogen-bond donors (Lipinski definition) is 0. The van der Waals surface area contributed by atoms with Gasteiger partial charge in [-0.15, -0.1) is 0 Å². The zero-order chi connectivity index (χ0) is 17.3. The van der Waals surface area contributed by atoms with E-state index in [1.165, 1.54) is 11.7 Å². The second kappa shape index (κ2) is 6.28. The molecule has 1 aromatic heterocycles. The monoisotopic (exact) mass is 325 g/mol. The molecule has 0 radical (unpaired) electrons. The van der Waals surface area contributed by atoms with Gasteiger partial charge in [0.1, 0.15) is 5.75 Å². The van der Waals surface area contributed by atoms with Crippen LogP contribution in [0.1, 0.15) is 21.6 Å². The summed E-state index contributed by atoms with van der Waals surface area (Å²) in [5, 5.41) is 0.641. The number of methoxy groups -OCH3 is 1. The summed E-state index contributed by atoms with van der Waals surface area (Å²) in [6, 6.07) is 12.6. The van der Waals surface area contributed by atoms with Crippen LogP contribution in [0.25, 0.3) is 10.9 Å². The molecule has 0 fully saturated rings. The first kappa shape index (κ1) is 15.9. The zero-order valence-electron chi connectivity index (χ0n) is 13.4. The molecule has 0 aliphatic rings. The minimum Gasteiger partial charge on any atom is -0.497 e. The van der Waals surface area contributed by atoms with Gasteiger partial charge in [0.2, 0.25) is 0 Å². The van der Waals surface area contributed by atoms with Gasteiger partial charge in [-0.05, 0) is 42.8 Å². The summed E-state index contributed by atoms with van der Waals surface area (Å²) < 4.78 is 19.8. The fraction of sp³-hybridized carbons (Fsp3) is 0.158. The number of hydrogen-bond acceptors (Lipinski definition) is 3. The Morgan fingerprint density at radius 1 is 1.12 bits per heavy atom. The van der Waals surface area contributed by atoms with Crippen molar-refractivity contribution in [1.29, 1.82) is 0 Å². The van der Waals surface area contributed by atoms with Crippen molar-refractivity contribution in [2.45, 2.75) is 13.3 Å². The van der Waals surface area contributed by atoms with E-state index in [9.17, 15) is 14.0 Å². The maximum absolute atomic E-state index is 13.0. The molecule has 0 aliphatic heterocycles. The van der Waals surface area contributed by atoms with Crippen molar-refractivity contribution in [3.63, 3.8) is 0 Å². The van der Waals surface area contributed by atoms with Gasteiger partial charge in [-0.3, -0.25) is 14.2 Å². The molecule has 24 heavy (non-hydrogen) atoms. The van der Waals surface area contributed by atoms with Crippen molar-refractivity contribution >= 4 is 22.8 Å². The van der Waals surface area contributed by atoms with Crippen molar-refractivity contribution in [2.24, 2.45) is 0 Å². The van der Waals surface area contributed by atoms with Gasteiger partial charge < -0.3 is 4.74 Å². The van der Waals surface area contributed by atoms with E-state index in [2.05, 4.69) is 0 Å². The highest BCUT2D eigenvalue weighted by Gasteiger charge is 2.21. The van der Waals surface area contributed by atoms with Gasteiger partial charge in [0, 0.05) is 16.6 Å². The summed E-state index contributed by atoms with van der Waals surface area (Å²) in [4.78, 5) is 23.9. The molecule has 2 aromatic carbocycles. The molecular formula is C19H16FNO3. The van der Waals surface area contributed by atoms with Gasteiger partial charge in [0.05, 0.1) is 19.0 Å². The Kier molecular flexibility index (Phi) is 4.16. The molecule has 0 unspecified atom stereocenters. The van der Waals surface area contributed by atoms with E-state index in [-0.39, 0.29) is 12.3 Å². The fourth-order valence-corrected chi connectivity index (χ4v) is 2.92. The van der Waals surface area contributed by atoms with Gasteiger partial charge in [-0.1, -0.05) is 18.2 Å². The molecule has 0 atom stereocenters. The van der Waals surface area contributed by atoms with Crippen LogP contribution in [0, 0.1) is 6.92 Å². The second-order valence-corrected chi connectivity index (χ2v) is 5.49. The van der Waals surface area contributed by atoms with Crippen LogP contribution in [0.15, 0.2) is 48.5 Å². The van der Waals surface area contributed by atoms with Gasteiger partial charge >= 0.3 is 6.04 Å². The number of carbonyl (C=O) groups excluding carboxylic acids is 2. The predicted octanol–water partition coefficient (Wildman–Crippen LogP) is 3.69. The van der Waals surface area contributed by atoms with Crippen LogP contribution in [-0.2, 0) is 11.2 Å². The lowest BCUT2D eigenvalue weighted by Gasteiger charge is -2.07. The normalized spacial score (nSPS) is 10.8. The number of benzene rings is 2. The first-order valence-electron chi connectivity index (χ1n) is 7.49. The van der Waals surface area contributed by atoms with E-state index in [1.54, 1.807) is 49.4 Å². The summed E-state index contributed by atoms with van der Waals surface area (Å²) in [6.45, 7) is 1.71. The van der Waals surface area contributed by atoms with Crippen LogP contribution in [0.4, 0.5) is 4.39 Å². The van der Waals surface area contributed by atoms with Crippen LogP contribution < -0.4 is 4.74 Å². The summed E-state index contributed by atoms with van der Waals surface area (Å²) in [6.07, 6.45) is -0.370. The van der Waals surface area contributed by atoms with Crippen LogP contribution in [0.3, 0.4) is 0 Å². The molecule has 0 saturated carbocycles. The minimum absolute atomic E-state index is 0.221. The lowest BCUT2D eigenvalue weighted by Crippen LogP contribution is -2.13. The Morgan fingerprint density at radius 3 is 2.46 bits per heavy atom. The topological polar surface area (TPSA) is 48.3 Å². The maximum Gasteiger partial charge on any atom is 0.305 e. The molecule has 0 spiro atoms. The first-order chi connectivity index (χ1) is 11.5. The Bertz CT molecular complexity index is 929. The lowest BCUT2D eigenvalue weighted by molar-refractivity contribution is -0.128. The molecule has 0 aliphatic carbocycles. The second-order valence-electron chi connectivity index (χ2n) is 5.49. The van der Waals surface area contributed by atoms with Gasteiger partial charge in [-0.25, -0.2) is 0 Å². The number of fused-ring (bicyclic) bond motifs is 1. The Hall–Kier alpha value is -2.95. The average Bonchev–Trinajstić information content (AvgIpc) is 2.86. The molecule has 0 saturated heterocycles. The van der Waals surface area contributed by atoms with E-state index < -0.39 is 6.04 Å². The van der Waals surface area contributed by atoms with Gasteiger partial charge in [0.15, 0.2) is 0 Å². The highest BCUT2D eigenvalue weighted by molar-refractivity contribution is 6.04. The predicted molar refractivity (Wildman–Crippen MR) is 89.2 cm³/mol. The van der Waals surface area contributed by atoms with Gasteiger partial charge in [0.25, 0.3) is 5.91 Å². The third-order valence-corrected chi connectivity index (χ3v) is 4.08. The Morgan fingerprint density at radius 2 is 1.83 bits per heavy atom. The largest absolute Gasteiger partial charge is 0.497 e. The standard InChI is InChI=1S/C19H16FNO3/c1-12-15(11-18(20)22)16-10-14(24-2)8-9-17(16)21(12)19(23)13-6-4-3-5-7-13/h3-10H,11H2,1-2H3. The highest BCUT2D eigenvalue weighted by atomic mass is 19.1. The van der Waals surface area contributed by atoms with E-state index in [4.69, 9.17) is 4.74 Å². The van der Waals surface area contributed by atoms with Crippen LogP contribution in [0.5, 0.6) is 5.75 Å². The summed E-state index contributed by atoms with van der Waals surface area (Å²) in [5.41, 5.74) is 2.20. The van der Waals surface area contributed by atoms with Crippen LogP contribution in [0.2, 0.25) is 0 Å². The molecule has 4 nitrogen and oxygen atoms in total. The summed E-state index contributed by atoms with van der Waals surface area (Å²) in [5.74, 6) is 0.361. The molecule has 0 N–H and O–H groups in total. The van der Waals surface area contributed by atoms with E-state index >= 15 is 0 Å². The van der Waals surface area contributed by atoms with E-state index in [0.29, 0.717) is 33.5 Å². The number of rotatable bonds is 4. The highest BCUT2D eigenvalue weighted by Crippen LogP contribution is 2.30. The van der Waals surface area contributed by atoms with Crippen molar-refractivity contribution < 1.29 is 18.7 Å². The molecule has 3 aromatic rings. The zero-order valence-corrected chi connectivity index (χ0v) is 13.4. The number of aromatic nitrogens is 1. The van der Waals surface area contributed by atoms with Crippen molar-refractivity contribution in [3.8, 4) is 5.75 Å². The lowest BCUT2D eigenvalue weighted by atomic mass is 10.1. The third kappa shape index (κ3) is 2.69. The molecule has 3 rings (SSSR count). The molecule has 0 bridgehead atoms.